The van der Waals surface area contributed by atoms with Gasteiger partial charge in [0.25, 0.3) is 0 Å². The quantitative estimate of drug-likeness (QED) is 0.395. The molecule has 1 aromatic carbocycles. The molecule has 1 aliphatic carbocycles. The summed E-state index contributed by atoms with van der Waals surface area (Å²) in [6, 6.07) is 9.44. The minimum Gasteiger partial charge on any atom is -0.379 e. The molecule has 25 heavy (non-hydrogen) atoms. The lowest BCUT2D eigenvalue weighted by molar-refractivity contribution is 0.0988. The lowest BCUT2D eigenvalue weighted by Crippen LogP contribution is -2.08. The SMILES string of the molecule is [C-]#[N+]c1ccc(C(=O)Cc2ccc3c(c2)C(N=C(N)SC)CC3)nc1. The van der Waals surface area contributed by atoms with E-state index in [1.807, 2.05) is 12.3 Å². The number of hydrogen-bond donors (Lipinski definition) is 1. The lowest BCUT2D eigenvalue weighted by atomic mass is 10.0. The van der Waals surface area contributed by atoms with Crippen molar-refractivity contribution in [2.45, 2.75) is 25.3 Å². The van der Waals surface area contributed by atoms with Gasteiger partial charge < -0.3 is 5.73 Å². The summed E-state index contributed by atoms with van der Waals surface area (Å²) in [5.74, 6) is -0.0573. The van der Waals surface area contributed by atoms with Crippen molar-refractivity contribution in [3.05, 3.63) is 70.3 Å². The van der Waals surface area contributed by atoms with Gasteiger partial charge in [-0.25, -0.2) is 4.85 Å². The molecular formula is C19H18N4OS. The number of nitrogens with zero attached hydrogens (tertiary/aromatic N) is 3. The maximum absolute atomic E-state index is 12.4. The number of fused-ring (bicyclic) bond motifs is 1. The Morgan fingerprint density at radius 3 is 2.96 bits per heavy atom. The number of rotatable bonds is 4. The van der Waals surface area contributed by atoms with E-state index in [9.17, 15) is 4.79 Å². The molecule has 5 nitrogen and oxygen atoms in total. The second kappa shape index (κ2) is 7.49. The van der Waals surface area contributed by atoms with Crippen LogP contribution in [0.1, 0.15) is 39.6 Å². The number of aryl methyl sites for hydroxylation is 1. The summed E-state index contributed by atoms with van der Waals surface area (Å²) in [5, 5.41) is 0.587. The summed E-state index contributed by atoms with van der Waals surface area (Å²) in [5.41, 5.74) is 10.1. The van der Waals surface area contributed by atoms with Crippen LogP contribution in [0, 0.1) is 6.57 Å². The van der Waals surface area contributed by atoms with Gasteiger partial charge in [-0.2, -0.15) is 0 Å². The van der Waals surface area contributed by atoms with E-state index in [2.05, 4.69) is 27.0 Å². The average Bonchev–Trinajstić information content (AvgIpc) is 3.03. The maximum atomic E-state index is 12.4. The van der Waals surface area contributed by atoms with Crippen molar-refractivity contribution in [3.63, 3.8) is 0 Å². The van der Waals surface area contributed by atoms with Crippen LogP contribution in [0.5, 0.6) is 0 Å². The molecule has 1 atom stereocenters. The summed E-state index contributed by atoms with van der Waals surface area (Å²) in [6.45, 7) is 6.93. The summed E-state index contributed by atoms with van der Waals surface area (Å²) in [7, 11) is 0. The molecule has 0 bridgehead atoms. The molecule has 0 saturated heterocycles. The Hall–Kier alpha value is -2.65. The van der Waals surface area contributed by atoms with Gasteiger partial charge in [0.15, 0.2) is 11.0 Å². The lowest BCUT2D eigenvalue weighted by Gasteiger charge is -2.09. The van der Waals surface area contributed by atoms with Crippen LogP contribution in [0.3, 0.4) is 0 Å². The van der Waals surface area contributed by atoms with Crippen molar-refractivity contribution in [1.82, 2.24) is 4.98 Å². The summed E-state index contributed by atoms with van der Waals surface area (Å²) in [4.78, 5) is 24.4. The fraction of sp³-hybridized carbons (Fsp3) is 0.263. The van der Waals surface area contributed by atoms with Crippen molar-refractivity contribution in [3.8, 4) is 0 Å². The Balaban J connectivity index is 1.79. The van der Waals surface area contributed by atoms with E-state index in [0.717, 1.165) is 18.4 Å². The third kappa shape index (κ3) is 3.89. The number of Topliss-reactive ketones (excluding diaryl/α,β-unsaturated/α-hetero) is 1. The molecule has 3 rings (SSSR count). The number of pyridine rings is 1. The van der Waals surface area contributed by atoms with E-state index in [1.54, 1.807) is 12.1 Å². The first-order chi connectivity index (χ1) is 12.1. The van der Waals surface area contributed by atoms with E-state index < -0.39 is 0 Å². The number of carbonyl (C=O) groups is 1. The van der Waals surface area contributed by atoms with Gasteiger partial charge in [-0.3, -0.25) is 14.8 Å². The van der Waals surface area contributed by atoms with E-state index >= 15 is 0 Å². The van der Waals surface area contributed by atoms with Crippen LogP contribution in [-0.4, -0.2) is 22.2 Å². The van der Waals surface area contributed by atoms with E-state index in [-0.39, 0.29) is 18.2 Å². The fourth-order valence-electron chi connectivity index (χ4n) is 2.97. The fourth-order valence-corrected chi connectivity index (χ4v) is 3.21. The molecule has 1 unspecified atom stereocenters. The van der Waals surface area contributed by atoms with Crippen molar-refractivity contribution in [2.24, 2.45) is 10.7 Å². The van der Waals surface area contributed by atoms with Crippen LogP contribution >= 0.6 is 11.8 Å². The Morgan fingerprint density at radius 2 is 2.28 bits per heavy atom. The van der Waals surface area contributed by atoms with Gasteiger partial charge in [0, 0.05) is 12.6 Å². The zero-order valence-electron chi connectivity index (χ0n) is 13.9. The number of carbonyl (C=O) groups excluding carboxylic acids is 1. The maximum Gasteiger partial charge on any atom is 0.205 e. The summed E-state index contributed by atoms with van der Waals surface area (Å²) in [6.07, 6.45) is 5.56. The number of aliphatic imine (C=N–C) groups is 1. The standard InChI is InChI=1S/C19H18N4OS/c1-21-14-6-8-17(22-11-14)18(24)10-12-3-4-13-5-7-16(15(13)9-12)23-19(20)25-2/h3-4,6,8-9,11,16H,5,7,10H2,2H3,(H2,20,23). The number of thioether (sulfide) groups is 1. The van der Waals surface area contributed by atoms with E-state index in [0.29, 0.717) is 16.5 Å². The first-order valence-electron chi connectivity index (χ1n) is 7.96. The van der Waals surface area contributed by atoms with Crippen molar-refractivity contribution in [2.75, 3.05) is 6.26 Å². The summed E-state index contributed by atoms with van der Waals surface area (Å²) >= 11 is 1.45. The van der Waals surface area contributed by atoms with Crippen LogP contribution in [0.2, 0.25) is 0 Å². The molecule has 2 aromatic rings. The molecular weight excluding hydrogens is 332 g/mol. The molecule has 126 valence electrons. The molecule has 1 heterocycles. The zero-order chi connectivity index (χ0) is 17.8. The van der Waals surface area contributed by atoms with Crippen molar-refractivity contribution in [1.29, 1.82) is 0 Å². The monoisotopic (exact) mass is 350 g/mol. The van der Waals surface area contributed by atoms with Crippen LogP contribution in [0.15, 0.2) is 41.5 Å². The van der Waals surface area contributed by atoms with Gasteiger partial charge in [-0.1, -0.05) is 36.0 Å². The van der Waals surface area contributed by atoms with Crippen LogP contribution in [0.4, 0.5) is 5.69 Å². The molecule has 2 N–H and O–H groups in total. The van der Waals surface area contributed by atoms with Crippen LogP contribution in [-0.2, 0) is 12.8 Å². The predicted molar refractivity (Wildman–Crippen MR) is 101 cm³/mol. The van der Waals surface area contributed by atoms with Crippen LogP contribution in [0.25, 0.3) is 4.85 Å². The van der Waals surface area contributed by atoms with Gasteiger partial charge in [0.05, 0.1) is 12.6 Å². The average molecular weight is 350 g/mol. The second-order valence-corrected chi connectivity index (χ2v) is 6.70. The molecule has 6 heteroatoms. The normalized spacial score (nSPS) is 16.3. The van der Waals surface area contributed by atoms with Crippen LogP contribution < -0.4 is 5.73 Å². The van der Waals surface area contributed by atoms with Gasteiger partial charge in [-0.15, -0.1) is 0 Å². The second-order valence-electron chi connectivity index (χ2n) is 5.87. The smallest absolute Gasteiger partial charge is 0.205 e. The highest BCUT2D eigenvalue weighted by Gasteiger charge is 2.23. The third-order valence-corrected chi connectivity index (χ3v) is 4.80. The molecule has 0 fully saturated rings. The first kappa shape index (κ1) is 17.2. The number of nitrogens with two attached hydrogens (primary N) is 1. The van der Waals surface area contributed by atoms with E-state index in [4.69, 9.17) is 12.3 Å². The molecule has 1 aromatic heterocycles. The summed E-state index contributed by atoms with van der Waals surface area (Å²) < 4.78 is 0. The predicted octanol–water partition coefficient (Wildman–Crippen LogP) is 3.72. The molecule has 0 radical (unpaired) electrons. The largest absolute Gasteiger partial charge is 0.379 e. The molecule has 0 amide bonds. The Morgan fingerprint density at radius 1 is 1.44 bits per heavy atom. The topological polar surface area (TPSA) is 72.7 Å². The Kier molecular flexibility index (Phi) is 5.15. The highest BCUT2D eigenvalue weighted by molar-refractivity contribution is 8.13. The zero-order valence-corrected chi connectivity index (χ0v) is 14.7. The molecule has 0 saturated carbocycles. The first-order valence-corrected chi connectivity index (χ1v) is 9.19. The van der Waals surface area contributed by atoms with Gasteiger partial charge in [0.1, 0.15) is 5.69 Å². The molecule has 0 aliphatic heterocycles. The number of ketones is 1. The highest BCUT2D eigenvalue weighted by Crippen LogP contribution is 2.35. The Bertz CT molecular complexity index is 868. The third-order valence-electron chi connectivity index (χ3n) is 4.28. The number of hydrogen-bond acceptors (Lipinski definition) is 4. The minimum atomic E-state index is -0.0573. The van der Waals surface area contributed by atoms with E-state index in [1.165, 1.54) is 29.1 Å². The van der Waals surface area contributed by atoms with Crippen molar-refractivity contribution < 1.29 is 4.79 Å². The molecule has 1 aliphatic rings. The van der Waals surface area contributed by atoms with Gasteiger partial charge in [0.2, 0.25) is 5.69 Å². The number of aromatic nitrogens is 1. The Labute approximate surface area is 151 Å². The van der Waals surface area contributed by atoms with Crippen molar-refractivity contribution >= 4 is 28.4 Å². The minimum absolute atomic E-state index is 0.0573. The molecule has 0 spiro atoms. The van der Waals surface area contributed by atoms with Gasteiger partial charge in [-0.05, 0) is 41.9 Å². The number of benzene rings is 1. The number of amidine groups is 1. The van der Waals surface area contributed by atoms with Gasteiger partial charge >= 0.3 is 0 Å². The highest BCUT2D eigenvalue weighted by atomic mass is 32.2.